The first kappa shape index (κ1) is 19.1. The molecule has 4 heteroatoms. The molecule has 0 radical (unpaired) electrons. The van der Waals surface area contributed by atoms with Crippen LogP contribution in [-0.2, 0) is 13.0 Å². The van der Waals surface area contributed by atoms with Gasteiger partial charge in [-0.2, -0.15) is 0 Å². The second-order valence-electron chi connectivity index (χ2n) is 5.34. The maximum Gasteiger partial charge on any atom is 0.0827 e. The van der Waals surface area contributed by atoms with Gasteiger partial charge in [-0.3, -0.25) is 4.68 Å². The van der Waals surface area contributed by atoms with Crippen LogP contribution < -0.4 is 5.32 Å². The molecular weight excluding hydrogens is 248 g/mol. The molecule has 0 saturated heterocycles. The first-order chi connectivity index (χ1) is 9.72. The average Bonchev–Trinajstić information content (AvgIpc) is 2.87. The van der Waals surface area contributed by atoms with E-state index in [9.17, 15) is 0 Å². The van der Waals surface area contributed by atoms with Crippen LogP contribution in [0.2, 0.25) is 0 Å². The fourth-order valence-corrected chi connectivity index (χ4v) is 2.00. The fraction of sp³-hybridized carbons (Fsp3) is 0.875. The molecule has 0 amide bonds. The lowest BCUT2D eigenvalue weighted by Gasteiger charge is -2.02. The van der Waals surface area contributed by atoms with E-state index in [1.54, 1.807) is 0 Å². The van der Waals surface area contributed by atoms with Gasteiger partial charge in [0, 0.05) is 12.7 Å². The number of unbranched alkanes of at least 4 members (excludes halogenated alkanes) is 3. The summed E-state index contributed by atoms with van der Waals surface area (Å²) >= 11 is 0. The van der Waals surface area contributed by atoms with Crippen molar-refractivity contribution < 1.29 is 0 Å². The molecule has 0 aromatic carbocycles. The van der Waals surface area contributed by atoms with Crippen LogP contribution in [0, 0.1) is 5.92 Å². The lowest BCUT2D eigenvalue weighted by atomic mass is 10.1. The van der Waals surface area contributed by atoms with Crippen LogP contribution in [0.25, 0.3) is 0 Å². The summed E-state index contributed by atoms with van der Waals surface area (Å²) in [6, 6.07) is 0. The van der Waals surface area contributed by atoms with Gasteiger partial charge in [0.2, 0.25) is 0 Å². The second-order valence-corrected chi connectivity index (χ2v) is 5.34. The van der Waals surface area contributed by atoms with Gasteiger partial charge in [-0.05, 0) is 38.3 Å². The molecule has 0 spiro atoms. The second kappa shape index (κ2) is 13.1. The highest BCUT2D eigenvalue weighted by Gasteiger charge is 2.02. The monoisotopic (exact) mass is 282 g/mol. The topological polar surface area (TPSA) is 42.7 Å². The van der Waals surface area contributed by atoms with Gasteiger partial charge in [0.05, 0.1) is 5.69 Å². The lowest BCUT2D eigenvalue weighted by molar-refractivity contribution is 0.472. The molecule has 0 aliphatic rings. The summed E-state index contributed by atoms with van der Waals surface area (Å²) in [7, 11) is 0. The maximum absolute atomic E-state index is 4.22. The number of aromatic nitrogens is 3. The Bertz CT molecular complexity index is 307. The minimum Gasteiger partial charge on any atom is -0.317 e. The molecule has 0 bridgehead atoms. The summed E-state index contributed by atoms with van der Waals surface area (Å²) in [5, 5.41) is 11.7. The molecular formula is C16H34N4. The van der Waals surface area contributed by atoms with E-state index in [2.05, 4.69) is 42.6 Å². The number of aryl methyl sites for hydroxylation is 1. The Hall–Kier alpha value is -0.900. The molecule has 118 valence electrons. The van der Waals surface area contributed by atoms with Gasteiger partial charge < -0.3 is 5.32 Å². The van der Waals surface area contributed by atoms with Gasteiger partial charge in [-0.25, -0.2) is 0 Å². The Morgan fingerprint density at radius 1 is 1.15 bits per heavy atom. The molecule has 4 nitrogen and oxygen atoms in total. The fourth-order valence-electron chi connectivity index (χ4n) is 2.00. The van der Waals surface area contributed by atoms with E-state index in [1.165, 1.54) is 25.7 Å². The Morgan fingerprint density at radius 3 is 2.50 bits per heavy atom. The van der Waals surface area contributed by atoms with Crippen molar-refractivity contribution in [2.24, 2.45) is 5.92 Å². The molecule has 0 atom stereocenters. The van der Waals surface area contributed by atoms with Crippen molar-refractivity contribution in [3.8, 4) is 0 Å². The van der Waals surface area contributed by atoms with E-state index in [-0.39, 0.29) is 0 Å². The van der Waals surface area contributed by atoms with Gasteiger partial charge in [-0.15, -0.1) is 5.10 Å². The van der Waals surface area contributed by atoms with E-state index >= 15 is 0 Å². The van der Waals surface area contributed by atoms with Gasteiger partial charge in [0.25, 0.3) is 0 Å². The molecule has 0 fully saturated rings. The first-order valence-corrected chi connectivity index (χ1v) is 8.32. The van der Waals surface area contributed by atoms with Gasteiger partial charge in [-0.1, -0.05) is 52.7 Å². The van der Waals surface area contributed by atoms with Crippen molar-refractivity contribution in [2.75, 3.05) is 13.1 Å². The number of hydrogen-bond acceptors (Lipinski definition) is 3. The van der Waals surface area contributed by atoms with Crippen molar-refractivity contribution in [3.05, 3.63) is 11.9 Å². The molecule has 1 rings (SSSR count). The van der Waals surface area contributed by atoms with Crippen LogP contribution in [0.3, 0.4) is 0 Å². The summed E-state index contributed by atoms with van der Waals surface area (Å²) < 4.78 is 1.96. The van der Waals surface area contributed by atoms with Crippen LogP contribution in [0.1, 0.15) is 66.0 Å². The smallest absolute Gasteiger partial charge is 0.0827 e. The van der Waals surface area contributed by atoms with Crippen LogP contribution >= 0.6 is 0 Å². The van der Waals surface area contributed by atoms with E-state index < -0.39 is 0 Å². The quantitative estimate of drug-likeness (QED) is 0.666. The summed E-state index contributed by atoms with van der Waals surface area (Å²) in [5.74, 6) is 0.630. The van der Waals surface area contributed by atoms with Crippen molar-refractivity contribution >= 4 is 0 Å². The van der Waals surface area contributed by atoms with Crippen molar-refractivity contribution in [1.82, 2.24) is 20.3 Å². The van der Waals surface area contributed by atoms with E-state index in [0.717, 1.165) is 31.7 Å². The zero-order valence-electron chi connectivity index (χ0n) is 14.2. The van der Waals surface area contributed by atoms with Gasteiger partial charge in [0.15, 0.2) is 0 Å². The third-order valence-electron chi connectivity index (χ3n) is 2.92. The molecule has 0 aliphatic carbocycles. The maximum atomic E-state index is 4.22. The van der Waals surface area contributed by atoms with E-state index in [0.29, 0.717) is 5.92 Å². The van der Waals surface area contributed by atoms with Crippen LogP contribution in [0.4, 0.5) is 0 Å². The average molecular weight is 282 g/mol. The van der Waals surface area contributed by atoms with E-state index in [4.69, 9.17) is 0 Å². The summed E-state index contributed by atoms with van der Waals surface area (Å²) in [4.78, 5) is 0. The third-order valence-corrected chi connectivity index (χ3v) is 2.92. The molecule has 1 heterocycles. The predicted octanol–water partition coefficient (Wildman–Crippen LogP) is 3.67. The normalized spacial score (nSPS) is 10.5. The van der Waals surface area contributed by atoms with Crippen LogP contribution in [-0.4, -0.2) is 28.1 Å². The number of nitrogens with zero attached hydrogens (tertiary/aromatic N) is 3. The Morgan fingerprint density at radius 2 is 1.85 bits per heavy atom. The SMILES string of the molecule is CC.CCNCCCCCCc1cn(CC(C)C)nn1. The number of nitrogens with one attached hydrogen (secondary N) is 1. The third kappa shape index (κ3) is 9.96. The summed E-state index contributed by atoms with van der Waals surface area (Å²) in [5.41, 5.74) is 1.14. The minimum atomic E-state index is 0.630. The Balaban J connectivity index is 0.00000172. The minimum absolute atomic E-state index is 0.630. The van der Waals surface area contributed by atoms with Gasteiger partial charge >= 0.3 is 0 Å². The highest BCUT2D eigenvalue weighted by atomic mass is 15.4. The molecule has 1 aromatic heterocycles. The van der Waals surface area contributed by atoms with Crippen molar-refractivity contribution in [1.29, 1.82) is 0 Å². The predicted molar refractivity (Wildman–Crippen MR) is 86.9 cm³/mol. The van der Waals surface area contributed by atoms with Crippen molar-refractivity contribution in [2.45, 2.75) is 73.3 Å². The molecule has 1 aromatic rings. The highest BCUT2D eigenvalue weighted by molar-refractivity contribution is 4.92. The lowest BCUT2D eigenvalue weighted by Crippen LogP contribution is -2.13. The first-order valence-electron chi connectivity index (χ1n) is 8.32. The number of hydrogen-bond donors (Lipinski definition) is 1. The zero-order valence-corrected chi connectivity index (χ0v) is 14.2. The van der Waals surface area contributed by atoms with Crippen LogP contribution in [0.15, 0.2) is 6.20 Å². The Kier molecular flexibility index (Phi) is 12.5. The van der Waals surface area contributed by atoms with Crippen LogP contribution in [0.5, 0.6) is 0 Å². The van der Waals surface area contributed by atoms with Crippen molar-refractivity contribution in [3.63, 3.8) is 0 Å². The van der Waals surface area contributed by atoms with E-state index in [1.807, 2.05) is 18.5 Å². The molecule has 1 N–H and O–H groups in total. The zero-order chi connectivity index (χ0) is 15.2. The molecule has 20 heavy (non-hydrogen) atoms. The highest BCUT2D eigenvalue weighted by Crippen LogP contribution is 2.06. The summed E-state index contributed by atoms with van der Waals surface area (Å²) in [6.45, 7) is 13.8. The standard InChI is InChI=1S/C14H28N4.C2H6/c1-4-15-10-8-6-5-7-9-14-12-18(17-16-14)11-13(2)3;1-2/h12-13,15H,4-11H2,1-3H3;1-2H3. The van der Waals surface area contributed by atoms with Gasteiger partial charge in [0.1, 0.15) is 0 Å². The molecule has 0 unspecified atom stereocenters. The number of rotatable bonds is 10. The Labute approximate surface area is 125 Å². The molecule has 0 aliphatic heterocycles. The summed E-state index contributed by atoms with van der Waals surface area (Å²) in [6.07, 6.45) is 8.29. The molecule has 0 saturated carbocycles. The largest absolute Gasteiger partial charge is 0.317 e.